The molecule has 0 unspecified atom stereocenters. The number of hydrogen-bond donors (Lipinski definition) is 1. The van der Waals surface area contributed by atoms with Crippen LogP contribution in [0, 0.1) is 0 Å². The molecule has 1 heterocycles. The minimum Gasteiger partial charge on any atom is -0.273 e. The summed E-state index contributed by atoms with van der Waals surface area (Å²) >= 11 is 0. The van der Waals surface area contributed by atoms with Crippen LogP contribution in [0.5, 0.6) is 0 Å². The predicted molar refractivity (Wildman–Crippen MR) is 49.6 cm³/mol. The molecule has 0 bridgehead atoms. The Hall–Kier alpha value is -0.880. The summed E-state index contributed by atoms with van der Waals surface area (Å²) in [5.41, 5.74) is 0.705. The van der Waals surface area contributed by atoms with Crippen molar-refractivity contribution < 1.29 is 8.42 Å². The highest BCUT2D eigenvalue weighted by Gasteiger charge is 2.09. The van der Waals surface area contributed by atoms with Crippen molar-refractivity contribution >= 4 is 10.0 Å². The minimum atomic E-state index is -3.17. The molecule has 13 heavy (non-hydrogen) atoms. The maximum Gasteiger partial charge on any atom is 0.215 e. The summed E-state index contributed by atoms with van der Waals surface area (Å²) < 4.78 is 26.2. The first-order chi connectivity index (χ1) is 6.07. The number of rotatable bonds is 4. The van der Waals surface area contributed by atoms with E-state index in [1.807, 2.05) is 6.92 Å². The molecular weight excluding hydrogens is 190 g/mol. The molecule has 1 rings (SSSR count). The summed E-state index contributed by atoms with van der Waals surface area (Å²) in [6.07, 6.45) is 3.30. The van der Waals surface area contributed by atoms with Gasteiger partial charge in [0.2, 0.25) is 10.0 Å². The van der Waals surface area contributed by atoms with Crippen LogP contribution in [0.4, 0.5) is 0 Å². The molecule has 0 saturated heterocycles. The molecule has 0 fully saturated rings. The lowest BCUT2D eigenvalue weighted by Crippen LogP contribution is -2.20. The van der Waals surface area contributed by atoms with Gasteiger partial charge in [0.25, 0.3) is 0 Å². The van der Waals surface area contributed by atoms with Crippen LogP contribution in [0.15, 0.2) is 12.4 Å². The van der Waals surface area contributed by atoms with Gasteiger partial charge in [-0.05, 0) is 14.0 Å². The van der Waals surface area contributed by atoms with E-state index in [2.05, 4.69) is 9.82 Å². The van der Waals surface area contributed by atoms with Crippen molar-refractivity contribution in [2.75, 3.05) is 7.05 Å². The summed E-state index contributed by atoms with van der Waals surface area (Å²) in [5.74, 6) is -0.0104. The van der Waals surface area contributed by atoms with Gasteiger partial charge in [0.05, 0.1) is 11.9 Å². The van der Waals surface area contributed by atoms with Crippen molar-refractivity contribution in [1.29, 1.82) is 0 Å². The highest BCUT2D eigenvalue weighted by molar-refractivity contribution is 7.88. The largest absolute Gasteiger partial charge is 0.273 e. The first kappa shape index (κ1) is 10.2. The van der Waals surface area contributed by atoms with Crippen molar-refractivity contribution in [2.24, 2.45) is 0 Å². The lowest BCUT2D eigenvalue weighted by molar-refractivity contribution is 0.587. The average molecular weight is 203 g/mol. The maximum absolute atomic E-state index is 11.1. The Balaban J connectivity index is 2.75. The molecule has 0 amide bonds. The first-order valence-corrected chi connectivity index (χ1v) is 5.65. The molecule has 6 heteroatoms. The number of nitrogens with zero attached hydrogens (tertiary/aromatic N) is 2. The van der Waals surface area contributed by atoms with E-state index in [4.69, 9.17) is 0 Å². The molecule has 0 saturated carbocycles. The normalized spacial score (nSPS) is 11.8. The molecule has 0 atom stereocenters. The average Bonchev–Trinajstić information content (AvgIpc) is 2.52. The van der Waals surface area contributed by atoms with E-state index in [0.29, 0.717) is 5.56 Å². The quantitative estimate of drug-likeness (QED) is 0.746. The third-order valence-electron chi connectivity index (χ3n) is 1.68. The van der Waals surface area contributed by atoms with Crippen LogP contribution in [0.25, 0.3) is 0 Å². The van der Waals surface area contributed by atoms with Gasteiger partial charge in [-0.2, -0.15) is 5.10 Å². The fourth-order valence-electron chi connectivity index (χ4n) is 0.945. The molecule has 0 aliphatic rings. The zero-order valence-electron chi connectivity index (χ0n) is 7.69. The highest BCUT2D eigenvalue weighted by atomic mass is 32.2. The van der Waals surface area contributed by atoms with Crippen LogP contribution in [0.3, 0.4) is 0 Å². The van der Waals surface area contributed by atoms with Crippen LogP contribution >= 0.6 is 0 Å². The number of hydrogen-bond acceptors (Lipinski definition) is 3. The van der Waals surface area contributed by atoms with Crippen LogP contribution in [0.2, 0.25) is 0 Å². The molecule has 0 spiro atoms. The lowest BCUT2D eigenvalue weighted by atomic mass is 10.4. The minimum absolute atomic E-state index is 0.0104. The number of aromatic nitrogens is 2. The fourth-order valence-corrected chi connectivity index (χ4v) is 1.68. The molecule has 0 radical (unpaired) electrons. The Morgan fingerprint density at radius 2 is 2.31 bits per heavy atom. The van der Waals surface area contributed by atoms with Crippen LogP contribution < -0.4 is 4.72 Å². The smallest absolute Gasteiger partial charge is 0.215 e. The van der Waals surface area contributed by atoms with Crippen molar-refractivity contribution in [3.05, 3.63) is 18.0 Å². The van der Waals surface area contributed by atoms with Gasteiger partial charge in [-0.25, -0.2) is 13.1 Å². The van der Waals surface area contributed by atoms with Crippen molar-refractivity contribution in [3.8, 4) is 0 Å². The third-order valence-corrected chi connectivity index (χ3v) is 3.01. The molecule has 1 aromatic heterocycles. The molecule has 0 aliphatic carbocycles. The molecule has 0 aromatic carbocycles. The van der Waals surface area contributed by atoms with E-state index in [-0.39, 0.29) is 5.75 Å². The van der Waals surface area contributed by atoms with Gasteiger partial charge in [0.1, 0.15) is 0 Å². The van der Waals surface area contributed by atoms with E-state index in [1.54, 1.807) is 17.1 Å². The summed E-state index contributed by atoms with van der Waals surface area (Å²) in [6.45, 7) is 2.70. The van der Waals surface area contributed by atoms with E-state index >= 15 is 0 Å². The first-order valence-electron chi connectivity index (χ1n) is 4.00. The second-order valence-electron chi connectivity index (χ2n) is 2.67. The second kappa shape index (κ2) is 3.89. The second-order valence-corrected chi connectivity index (χ2v) is 4.59. The van der Waals surface area contributed by atoms with Gasteiger partial charge in [0, 0.05) is 18.3 Å². The Bertz CT molecular complexity index is 369. The van der Waals surface area contributed by atoms with Gasteiger partial charge < -0.3 is 0 Å². The summed E-state index contributed by atoms with van der Waals surface area (Å²) in [7, 11) is -1.77. The molecule has 5 nitrogen and oxygen atoms in total. The number of aryl methyl sites for hydroxylation is 1. The van der Waals surface area contributed by atoms with E-state index < -0.39 is 10.0 Å². The van der Waals surface area contributed by atoms with Crippen LogP contribution in [-0.4, -0.2) is 25.2 Å². The highest BCUT2D eigenvalue weighted by Crippen LogP contribution is 2.02. The van der Waals surface area contributed by atoms with E-state index in [9.17, 15) is 8.42 Å². The van der Waals surface area contributed by atoms with Crippen LogP contribution in [-0.2, 0) is 22.3 Å². The zero-order valence-corrected chi connectivity index (χ0v) is 8.50. The van der Waals surface area contributed by atoms with Gasteiger partial charge in [0.15, 0.2) is 0 Å². The van der Waals surface area contributed by atoms with Gasteiger partial charge in [-0.3, -0.25) is 4.68 Å². The van der Waals surface area contributed by atoms with Crippen molar-refractivity contribution in [1.82, 2.24) is 14.5 Å². The summed E-state index contributed by atoms with van der Waals surface area (Å²) in [6, 6.07) is 0. The van der Waals surface area contributed by atoms with Gasteiger partial charge >= 0.3 is 0 Å². The number of sulfonamides is 1. The Morgan fingerprint density at radius 3 is 2.77 bits per heavy atom. The van der Waals surface area contributed by atoms with E-state index in [1.165, 1.54) is 7.05 Å². The number of nitrogens with one attached hydrogen (secondary N) is 1. The summed E-state index contributed by atoms with van der Waals surface area (Å²) in [4.78, 5) is 0. The van der Waals surface area contributed by atoms with Crippen LogP contribution in [0.1, 0.15) is 12.5 Å². The molecular formula is C7H13N3O2S. The van der Waals surface area contributed by atoms with Gasteiger partial charge in [-0.15, -0.1) is 0 Å². The Morgan fingerprint density at radius 1 is 1.62 bits per heavy atom. The predicted octanol–water partition coefficient (Wildman–Crippen LogP) is -0.0478. The lowest BCUT2D eigenvalue weighted by Gasteiger charge is -1.98. The maximum atomic E-state index is 11.1. The van der Waals surface area contributed by atoms with E-state index in [0.717, 1.165) is 6.54 Å². The molecule has 0 aliphatic heterocycles. The molecule has 1 aromatic rings. The molecule has 74 valence electrons. The third kappa shape index (κ3) is 2.82. The molecule has 1 N–H and O–H groups in total. The van der Waals surface area contributed by atoms with Crippen molar-refractivity contribution in [3.63, 3.8) is 0 Å². The van der Waals surface area contributed by atoms with Crippen molar-refractivity contribution in [2.45, 2.75) is 19.2 Å². The summed E-state index contributed by atoms with van der Waals surface area (Å²) in [5, 5.41) is 3.98. The standard InChI is InChI=1S/C7H13N3O2S/c1-3-10-5-7(4-9-10)6-13(11,12)8-2/h4-5,8H,3,6H2,1-2H3. The fraction of sp³-hybridized carbons (Fsp3) is 0.571. The Labute approximate surface area is 77.8 Å². The SMILES string of the molecule is CCn1cc(CS(=O)(=O)NC)cn1. The van der Waals surface area contributed by atoms with Gasteiger partial charge in [-0.1, -0.05) is 0 Å². The zero-order chi connectivity index (χ0) is 9.90. The Kier molecular flexibility index (Phi) is 3.05. The topological polar surface area (TPSA) is 64.0 Å². The monoisotopic (exact) mass is 203 g/mol.